The monoisotopic (exact) mass is 434 g/mol. The Morgan fingerprint density at radius 2 is 1.89 bits per heavy atom. The van der Waals surface area contributed by atoms with E-state index >= 15 is 0 Å². The van der Waals surface area contributed by atoms with E-state index in [1.807, 2.05) is 0 Å². The molecule has 0 aromatic heterocycles. The van der Waals surface area contributed by atoms with E-state index in [2.05, 4.69) is 11.8 Å². The number of rotatable bonds is 5. The largest absolute Gasteiger partial charge is 0.339 e. The number of hydrogen-bond donors (Lipinski definition) is 1. The summed E-state index contributed by atoms with van der Waals surface area (Å²) in [6.45, 7) is 5.85. The van der Waals surface area contributed by atoms with Gasteiger partial charge >= 0.3 is 0 Å². The SMILES string of the molecule is CC1(CN)CCN(CC(=O)N2CCN(S(=O)(=O)c3cccc(F)c3)CC2)C1.Cl. The van der Waals surface area contributed by atoms with Crippen LogP contribution in [0, 0.1) is 11.2 Å². The number of carbonyl (C=O) groups excluding carboxylic acids is 1. The average Bonchev–Trinajstić information content (AvgIpc) is 3.03. The first-order valence-electron chi connectivity index (χ1n) is 9.19. The van der Waals surface area contributed by atoms with Gasteiger partial charge in [-0.3, -0.25) is 9.69 Å². The van der Waals surface area contributed by atoms with Crippen molar-refractivity contribution in [2.45, 2.75) is 18.2 Å². The van der Waals surface area contributed by atoms with E-state index in [4.69, 9.17) is 5.73 Å². The number of amides is 1. The van der Waals surface area contributed by atoms with Gasteiger partial charge in [0.25, 0.3) is 0 Å². The zero-order valence-electron chi connectivity index (χ0n) is 16.0. The van der Waals surface area contributed by atoms with Crippen LogP contribution < -0.4 is 5.73 Å². The molecule has 1 amide bonds. The highest BCUT2D eigenvalue weighted by Crippen LogP contribution is 2.28. The minimum absolute atomic E-state index is 0. The van der Waals surface area contributed by atoms with Crippen molar-refractivity contribution in [3.05, 3.63) is 30.1 Å². The Morgan fingerprint density at radius 3 is 2.46 bits per heavy atom. The van der Waals surface area contributed by atoms with Gasteiger partial charge in [-0.15, -0.1) is 12.4 Å². The minimum atomic E-state index is -3.74. The predicted octanol–water partition coefficient (Wildman–Crippen LogP) is 0.751. The lowest BCUT2D eigenvalue weighted by Crippen LogP contribution is -2.52. The molecule has 2 saturated heterocycles. The quantitative estimate of drug-likeness (QED) is 0.739. The second-order valence-corrected chi connectivity index (χ2v) is 9.66. The normalized spacial score (nSPS) is 24.2. The van der Waals surface area contributed by atoms with Crippen LogP contribution in [0.25, 0.3) is 0 Å². The molecule has 10 heteroatoms. The van der Waals surface area contributed by atoms with Crippen molar-refractivity contribution < 1.29 is 17.6 Å². The zero-order chi connectivity index (χ0) is 19.7. The van der Waals surface area contributed by atoms with Crippen LogP contribution in [0.4, 0.5) is 4.39 Å². The molecule has 1 aromatic rings. The highest BCUT2D eigenvalue weighted by atomic mass is 35.5. The molecule has 0 radical (unpaired) electrons. The number of carbonyl (C=O) groups is 1. The molecule has 3 rings (SSSR count). The van der Waals surface area contributed by atoms with Crippen LogP contribution in [-0.2, 0) is 14.8 Å². The van der Waals surface area contributed by atoms with E-state index in [0.29, 0.717) is 26.2 Å². The van der Waals surface area contributed by atoms with Gasteiger partial charge in [0, 0.05) is 32.7 Å². The van der Waals surface area contributed by atoms with Crippen molar-refractivity contribution in [1.29, 1.82) is 0 Å². The summed E-state index contributed by atoms with van der Waals surface area (Å²) in [5.74, 6) is -0.570. The maximum Gasteiger partial charge on any atom is 0.243 e. The molecule has 0 saturated carbocycles. The molecule has 1 aromatic carbocycles. The van der Waals surface area contributed by atoms with E-state index in [-0.39, 0.29) is 41.7 Å². The second-order valence-electron chi connectivity index (χ2n) is 7.72. The Hall–Kier alpha value is -1.26. The number of halogens is 2. The van der Waals surface area contributed by atoms with Crippen molar-refractivity contribution in [3.63, 3.8) is 0 Å². The third-order valence-electron chi connectivity index (χ3n) is 5.51. The smallest absolute Gasteiger partial charge is 0.243 e. The van der Waals surface area contributed by atoms with Crippen molar-refractivity contribution in [2.24, 2.45) is 11.1 Å². The Kier molecular flexibility index (Phi) is 7.44. The van der Waals surface area contributed by atoms with Gasteiger partial charge in [-0.25, -0.2) is 12.8 Å². The molecular weight excluding hydrogens is 407 g/mol. The van der Waals surface area contributed by atoms with Gasteiger partial charge in [0.1, 0.15) is 5.82 Å². The zero-order valence-corrected chi connectivity index (χ0v) is 17.6. The van der Waals surface area contributed by atoms with Crippen LogP contribution in [0.3, 0.4) is 0 Å². The van der Waals surface area contributed by atoms with Crippen LogP contribution in [-0.4, -0.2) is 80.8 Å². The Morgan fingerprint density at radius 1 is 1.21 bits per heavy atom. The number of nitrogens with two attached hydrogens (primary N) is 1. The first-order chi connectivity index (χ1) is 12.7. The number of benzene rings is 1. The van der Waals surface area contributed by atoms with Gasteiger partial charge < -0.3 is 10.6 Å². The number of likely N-dealkylation sites (tertiary alicyclic amines) is 1. The Balaban J connectivity index is 0.00000280. The number of piperazine rings is 1. The minimum Gasteiger partial charge on any atom is -0.339 e. The molecule has 2 aliphatic heterocycles. The summed E-state index contributed by atoms with van der Waals surface area (Å²) in [7, 11) is -3.74. The lowest BCUT2D eigenvalue weighted by atomic mass is 9.90. The van der Waals surface area contributed by atoms with Crippen LogP contribution in [0.15, 0.2) is 29.2 Å². The molecule has 28 heavy (non-hydrogen) atoms. The van der Waals surface area contributed by atoms with Gasteiger partial charge in [0.2, 0.25) is 15.9 Å². The fourth-order valence-electron chi connectivity index (χ4n) is 3.67. The van der Waals surface area contributed by atoms with Crippen molar-refractivity contribution in [2.75, 3.05) is 52.4 Å². The van der Waals surface area contributed by atoms with Crippen molar-refractivity contribution in [1.82, 2.24) is 14.1 Å². The van der Waals surface area contributed by atoms with Crippen molar-refractivity contribution in [3.8, 4) is 0 Å². The van der Waals surface area contributed by atoms with E-state index in [9.17, 15) is 17.6 Å². The summed E-state index contributed by atoms with van der Waals surface area (Å²) in [6.07, 6.45) is 0.983. The summed E-state index contributed by atoms with van der Waals surface area (Å²) < 4.78 is 39.9. The van der Waals surface area contributed by atoms with E-state index in [1.165, 1.54) is 22.5 Å². The highest BCUT2D eigenvalue weighted by Gasteiger charge is 2.35. The van der Waals surface area contributed by atoms with E-state index in [0.717, 1.165) is 25.6 Å². The topological polar surface area (TPSA) is 86.9 Å². The molecule has 0 spiro atoms. The molecule has 2 heterocycles. The first kappa shape index (κ1) is 23.0. The number of nitrogens with zero attached hydrogens (tertiary/aromatic N) is 3. The molecule has 158 valence electrons. The first-order valence-corrected chi connectivity index (χ1v) is 10.6. The fraction of sp³-hybridized carbons (Fsp3) is 0.611. The average molecular weight is 435 g/mol. The van der Waals surface area contributed by atoms with Crippen LogP contribution in [0.2, 0.25) is 0 Å². The lowest BCUT2D eigenvalue weighted by molar-refractivity contribution is -0.133. The van der Waals surface area contributed by atoms with Crippen molar-refractivity contribution >= 4 is 28.3 Å². The Labute approximate surface area is 172 Å². The molecule has 2 N–H and O–H groups in total. The maximum absolute atomic E-state index is 13.4. The van der Waals surface area contributed by atoms with Gasteiger partial charge in [-0.05, 0) is 43.1 Å². The molecule has 2 aliphatic rings. The van der Waals surface area contributed by atoms with Crippen LogP contribution in [0.5, 0.6) is 0 Å². The van der Waals surface area contributed by atoms with E-state index in [1.54, 1.807) is 4.90 Å². The summed E-state index contributed by atoms with van der Waals surface area (Å²) >= 11 is 0. The molecular formula is C18H28ClFN4O3S. The van der Waals surface area contributed by atoms with Gasteiger partial charge in [0.15, 0.2) is 0 Å². The summed E-state index contributed by atoms with van der Waals surface area (Å²) in [4.78, 5) is 16.3. The summed E-state index contributed by atoms with van der Waals surface area (Å²) in [6, 6.07) is 5.00. The molecule has 7 nitrogen and oxygen atoms in total. The predicted molar refractivity (Wildman–Crippen MR) is 107 cm³/mol. The fourth-order valence-corrected chi connectivity index (χ4v) is 5.13. The standard InChI is InChI=1S/C18H27FN4O3S.ClH/c1-18(13-20)5-6-21(14-18)12-17(24)22-7-9-23(10-8-22)27(25,26)16-4-2-3-15(19)11-16;/h2-4,11H,5-10,12-14,20H2,1H3;1H. The van der Waals surface area contributed by atoms with Gasteiger partial charge in [-0.2, -0.15) is 4.31 Å². The lowest BCUT2D eigenvalue weighted by Gasteiger charge is -2.35. The van der Waals surface area contributed by atoms with Gasteiger partial charge in [-0.1, -0.05) is 13.0 Å². The third-order valence-corrected chi connectivity index (χ3v) is 7.41. The summed E-state index contributed by atoms with van der Waals surface area (Å²) in [5.41, 5.74) is 5.88. The highest BCUT2D eigenvalue weighted by molar-refractivity contribution is 7.89. The van der Waals surface area contributed by atoms with Crippen LogP contribution >= 0.6 is 12.4 Å². The molecule has 1 unspecified atom stereocenters. The molecule has 2 fully saturated rings. The molecule has 0 bridgehead atoms. The number of sulfonamides is 1. The van der Waals surface area contributed by atoms with Crippen LogP contribution in [0.1, 0.15) is 13.3 Å². The van der Waals surface area contributed by atoms with Gasteiger partial charge in [0.05, 0.1) is 11.4 Å². The molecule has 1 atom stereocenters. The molecule has 0 aliphatic carbocycles. The second kappa shape index (κ2) is 9.04. The van der Waals surface area contributed by atoms with E-state index < -0.39 is 15.8 Å². The Bertz CT molecular complexity index is 802. The third kappa shape index (κ3) is 5.01. The summed E-state index contributed by atoms with van der Waals surface area (Å²) in [5, 5.41) is 0. The number of hydrogen-bond acceptors (Lipinski definition) is 5. The maximum atomic E-state index is 13.4.